The summed E-state index contributed by atoms with van der Waals surface area (Å²) in [6.07, 6.45) is 1.55. The minimum absolute atomic E-state index is 0.173. The zero-order valence-corrected chi connectivity index (χ0v) is 11.8. The first-order valence-corrected chi connectivity index (χ1v) is 6.55. The minimum atomic E-state index is -0.412. The monoisotopic (exact) mass is 291 g/mol. The third-order valence-corrected chi connectivity index (χ3v) is 3.45. The normalized spacial score (nSPS) is 10.7. The lowest BCUT2D eigenvalue weighted by Gasteiger charge is -1.95. The Bertz CT molecular complexity index is 652. The van der Waals surface area contributed by atoms with Gasteiger partial charge in [-0.15, -0.1) is 0 Å². The van der Waals surface area contributed by atoms with Crippen LogP contribution in [0.15, 0.2) is 29.4 Å². The standard InChI is InChI=1S/C13H13N3O3S/c1-8-11(12(18)19-2)20-13(15-8)16-14-7-9-4-3-5-10(17)6-9/h3-7,17H,1-2H3,(H,15,16)/b14-7-. The molecular weight excluding hydrogens is 278 g/mol. The molecule has 0 saturated carbocycles. The molecule has 1 heterocycles. The molecule has 0 aliphatic carbocycles. The number of carbonyl (C=O) groups is 1. The Hall–Kier alpha value is -2.41. The number of hydrogen-bond acceptors (Lipinski definition) is 7. The number of benzene rings is 1. The van der Waals surface area contributed by atoms with Crippen LogP contribution >= 0.6 is 11.3 Å². The van der Waals surface area contributed by atoms with Crippen molar-refractivity contribution in [3.63, 3.8) is 0 Å². The summed E-state index contributed by atoms with van der Waals surface area (Å²) in [6, 6.07) is 6.69. The van der Waals surface area contributed by atoms with Crippen LogP contribution in [0, 0.1) is 6.92 Å². The summed E-state index contributed by atoms with van der Waals surface area (Å²) in [5, 5.41) is 13.8. The fourth-order valence-corrected chi connectivity index (χ4v) is 2.33. The molecule has 0 spiro atoms. The number of hydrazone groups is 1. The second kappa shape index (κ2) is 6.16. The maximum absolute atomic E-state index is 11.4. The topological polar surface area (TPSA) is 83.8 Å². The van der Waals surface area contributed by atoms with Crippen LogP contribution in [0.2, 0.25) is 0 Å². The number of ether oxygens (including phenoxy) is 1. The van der Waals surface area contributed by atoms with Gasteiger partial charge in [-0.3, -0.25) is 5.43 Å². The molecule has 0 saturated heterocycles. The lowest BCUT2D eigenvalue weighted by molar-refractivity contribution is 0.0605. The first-order chi connectivity index (χ1) is 9.60. The summed E-state index contributed by atoms with van der Waals surface area (Å²) >= 11 is 1.17. The average molecular weight is 291 g/mol. The molecule has 0 bridgehead atoms. The molecule has 0 aliphatic rings. The number of nitrogens with zero attached hydrogens (tertiary/aromatic N) is 2. The lowest BCUT2D eigenvalue weighted by Crippen LogP contribution is -1.99. The van der Waals surface area contributed by atoms with E-state index in [0.29, 0.717) is 15.7 Å². The van der Waals surface area contributed by atoms with Gasteiger partial charge in [0.05, 0.1) is 19.0 Å². The molecule has 104 valence electrons. The Labute approximate surface area is 119 Å². The Morgan fingerprint density at radius 3 is 3.05 bits per heavy atom. The van der Waals surface area contributed by atoms with Crippen LogP contribution in [-0.2, 0) is 4.74 Å². The Morgan fingerprint density at radius 1 is 1.55 bits per heavy atom. The number of anilines is 1. The molecule has 20 heavy (non-hydrogen) atoms. The molecule has 7 heteroatoms. The molecule has 1 aromatic heterocycles. The van der Waals surface area contributed by atoms with Gasteiger partial charge in [0, 0.05) is 0 Å². The van der Waals surface area contributed by atoms with E-state index in [2.05, 4.69) is 20.2 Å². The van der Waals surface area contributed by atoms with Crippen molar-refractivity contribution < 1.29 is 14.6 Å². The van der Waals surface area contributed by atoms with Crippen LogP contribution in [0.25, 0.3) is 0 Å². The minimum Gasteiger partial charge on any atom is -0.508 e. The van der Waals surface area contributed by atoms with Gasteiger partial charge in [-0.25, -0.2) is 9.78 Å². The van der Waals surface area contributed by atoms with Gasteiger partial charge in [-0.2, -0.15) is 5.10 Å². The molecule has 0 aliphatic heterocycles. The van der Waals surface area contributed by atoms with Crippen LogP contribution in [0.4, 0.5) is 5.13 Å². The summed E-state index contributed by atoms with van der Waals surface area (Å²) < 4.78 is 4.65. The number of carbonyl (C=O) groups excluding carboxylic acids is 1. The predicted octanol–water partition coefficient (Wildman–Crippen LogP) is 2.39. The highest BCUT2D eigenvalue weighted by Crippen LogP contribution is 2.23. The number of phenolic OH excluding ortho intramolecular Hbond substituents is 1. The summed E-state index contributed by atoms with van der Waals surface area (Å²) in [5.41, 5.74) is 4.08. The second-order valence-electron chi connectivity index (χ2n) is 3.89. The van der Waals surface area contributed by atoms with Gasteiger partial charge in [0.15, 0.2) is 0 Å². The second-order valence-corrected chi connectivity index (χ2v) is 4.89. The van der Waals surface area contributed by atoms with Gasteiger partial charge in [0.2, 0.25) is 5.13 Å². The maximum Gasteiger partial charge on any atom is 0.350 e. The zero-order valence-electron chi connectivity index (χ0n) is 11.0. The molecule has 0 radical (unpaired) electrons. The van der Waals surface area contributed by atoms with E-state index in [1.54, 1.807) is 37.4 Å². The summed E-state index contributed by atoms with van der Waals surface area (Å²) in [6.45, 7) is 1.73. The number of methoxy groups -OCH3 is 1. The largest absolute Gasteiger partial charge is 0.508 e. The SMILES string of the molecule is COC(=O)c1sc(N/N=C\c2cccc(O)c2)nc1C. The molecule has 6 nitrogen and oxygen atoms in total. The number of aromatic nitrogens is 1. The van der Waals surface area contributed by atoms with E-state index in [4.69, 9.17) is 0 Å². The Kier molecular flexibility index (Phi) is 4.31. The van der Waals surface area contributed by atoms with Gasteiger partial charge in [-0.1, -0.05) is 23.5 Å². The fraction of sp³-hybridized carbons (Fsp3) is 0.154. The number of nitrogens with one attached hydrogen (secondary N) is 1. The molecule has 1 aromatic carbocycles. The van der Waals surface area contributed by atoms with Crippen molar-refractivity contribution in [2.75, 3.05) is 12.5 Å². The van der Waals surface area contributed by atoms with Gasteiger partial charge >= 0.3 is 5.97 Å². The zero-order chi connectivity index (χ0) is 14.5. The molecule has 0 unspecified atom stereocenters. The molecular formula is C13H13N3O3S. The molecule has 0 fully saturated rings. The highest BCUT2D eigenvalue weighted by Gasteiger charge is 2.15. The highest BCUT2D eigenvalue weighted by atomic mass is 32.1. The molecule has 2 rings (SSSR count). The smallest absolute Gasteiger partial charge is 0.350 e. The number of aryl methyl sites for hydroxylation is 1. The fourth-order valence-electron chi connectivity index (χ4n) is 1.49. The van der Waals surface area contributed by atoms with E-state index in [0.717, 1.165) is 5.56 Å². The van der Waals surface area contributed by atoms with Crippen LogP contribution in [0.5, 0.6) is 5.75 Å². The molecule has 0 amide bonds. The van der Waals surface area contributed by atoms with E-state index in [9.17, 15) is 9.90 Å². The molecule has 2 aromatic rings. The van der Waals surface area contributed by atoms with Crippen LogP contribution in [-0.4, -0.2) is 29.4 Å². The van der Waals surface area contributed by atoms with Gasteiger partial charge in [0.25, 0.3) is 0 Å². The number of esters is 1. The van der Waals surface area contributed by atoms with E-state index in [1.165, 1.54) is 18.4 Å². The average Bonchev–Trinajstić information content (AvgIpc) is 2.79. The number of aromatic hydroxyl groups is 1. The van der Waals surface area contributed by atoms with Crippen molar-refractivity contribution in [1.82, 2.24) is 4.98 Å². The van der Waals surface area contributed by atoms with Crippen molar-refractivity contribution in [2.45, 2.75) is 6.92 Å². The van der Waals surface area contributed by atoms with Crippen LogP contribution in [0.3, 0.4) is 0 Å². The van der Waals surface area contributed by atoms with Crippen molar-refractivity contribution in [3.8, 4) is 5.75 Å². The van der Waals surface area contributed by atoms with Crippen molar-refractivity contribution in [3.05, 3.63) is 40.4 Å². The number of phenols is 1. The quantitative estimate of drug-likeness (QED) is 0.513. The van der Waals surface area contributed by atoms with Crippen LogP contribution in [0.1, 0.15) is 20.9 Å². The maximum atomic E-state index is 11.4. The van der Waals surface area contributed by atoms with E-state index in [1.807, 2.05) is 0 Å². The first kappa shape index (κ1) is 14.0. The summed E-state index contributed by atoms with van der Waals surface area (Å²) in [7, 11) is 1.33. The predicted molar refractivity (Wildman–Crippen MR) is 77.5 cm³/mol. The van der Waals surface area contributed by atoms with Gasteiger partial charge < -0.3 is 9.84 Å². The number of thiazole rings is 1. The number of rotatable bonds is 4. The van der Waals surface area contributed by atoms with Gasteiger partial charge in [-0.05, 0) is 24.6 Å². The third kappa shape index (κ3) is 3.33. The van der Waals surface area contributed by atoms with Crippen molar-refractivity contribution in [2.24, 2.45) is 5.10 Å². The van der Waals surface area contributed by atoms with Crippen LogP contribution < -0.4 is 5.43 Å². The van der Waals surface area contributed by atoms with E-state index < -0.39 is 5.97 Å². The number of hydrogen-bond donors (Lipinski definition) is 2. The molecule has 0 atom stereocenters. The lowest BCUT2D eigenvalue weighted by atomic mass is 10.2. The Morgan fingerprint density at radius 2 is 2.35 bits per heavy atom. The van der Waals surface area contributed by atoms with Gasteiger partial charge in [0.1, 0.15) is 10.6 Å². The first-order valence-electron chi connectivity index (χ1n) is 5.74. The van der Waals surface area contributed by atoms with E-state index >= 15 is 0 Å². The van der Waals surface area contributed by atoms with Crippen molar-refractivity contribution >= 4 is 28.7 Å². The third-order valence-electron chi connectivity index (χ3n) is 2.41. The summed E-state index contributed by atoms with van der Waals surface area (Å²) in [5.74, 6) is -0.239. The van der Waals surface area contributed by atoms with E-state index in [-0.39, 0.29) is 5.75 Å². The molecule has 2 N–H and O–H groups in total. The Balaban J connectivity index is 2.06. The highest BCUT2D eigenvalue weighted by molar-refractivity contribution is 7.17. The summed E-state index contributed by atoms with van der Waals surface area (Å²) in [4.78, 5) is 16.1. The van der Waals surface area contributed by atoms with Crippen molar-refractivity contribution in [1.29, 1.82) is 0 Å².